The van der Waals surface area contributed by atoms with E-state index in [4.69, 9.17) is 15.0 Å². The Kier molecular flexibility index (Phi) is 27.7. The molecule has 0 atom stereocenters. The average Bonchev–Trinajstić information content (AvgIpc) is 1.65. The minimum absolute atomic E-state index is 0. The zero-order valence-electron chi connectivity index (χ0n) is 5.92. The predicted molar refractivity (Wildman–Crippen MR) is 30.9 cm³/mol. The van der Waals surface area contributed by atoms with Gasteiger partial charge in [-0.05, 0) is 0 Å². The van der Waals surface area contributed by atoms with E-state index in [0.717, 1.165) is 6.42 Å². The molecule has 9 heavy (non-hydrogen) atoms. The van der Waals surface area contributed by atoms with Crippen molar-refractivity contribution in [1.29, 1.82) is 0 Å². The van der Waals surface area contributed by atoms with E-state index >= 15 is 0 Å². The van der Waals surface area contributed by atoms with Crippen molar-refractivity contribution in [3.05, 3.63) is 6.92 Å². The van der Waals surface area contributed by atoms with Gasteiger partial charge in [0.15, 0.2) is 0 Å². The van der Waals surface area contributed by atoms with Crippen LogP contribution < -0.4 is 18.9 Å². The first kappa shape index (κ1) is 15.9. The summed E-state index contributed by atoms with van der Waals surface area (Å²) in [7, 11) is 0. The van der Waals surface area contributed by atoms with Gasteiger partial charge in [0, 0.05) is 0 Å². The molecule has 0 rings (SSSR count). The summed E-state index contributed by atoms with van der Waals surface area (Å²) in [6.45, 7) is 5.72. The van der Waals surface area contributed by atoms with E-state index in [1.807, 2.05) is 0 Å². The van der Waals surface area contributed by atoms with Gasteiger partial charge in [0.2, 0.25) is 0 Å². The van der Waals surface area contributed by atoms with Crippen molar-refractivity contribution in [3.8, 4) is 0 Å². The van der Waals surface area contributed by atoms with Gasteiger partial charge in [-0.2, -0.15) is 6.42 Å². The minimum atomic E-state index is -1.83. The second-order valence-corrected chi connectivity index (χ2v) is 1.14. The van der Waals surface area contributed by atoms with E-state index in [1.54, 1.807) is 0 Å². The number of hydrogen-bond acceptors (Lipinski definition) is 1. The maximum Gasteiger partial charge on any atom is 1.00 e. The van der Waals surface area contributed by atoms with E-state index in [1.165, 1.54) is 6.42 Å². The molecule has 50 valence electrons. The third-order valence-electron chi connectivity index (χ3n) is 0.354. The zero-order valence-corrected chi connectivity index (χ0v) is 5.92. The van der Waals surface area contributed by atoms with Gasteiger partial charge in [0.1, 0.15) is 0 Å². The van der Waals surface area contributed by atoms with Crippen LogP contribution >= 0.6 is 0 Å². The van der Waals surface area contributed by atoms with Gasteiger partial charge in [-0.1, -0.05) is 13.3 Å². The molecule has 0 radical (unpaired) electrons. The van der Waals surface area contributed by atoms with E-state index in [-0.39, 0.29) is 18.9 Å². The predicted octanol–water partition coefficient (Wildman–Crippen LogP) is -1.15. The molecule has 0 aliphatic carbocycles. The number of carboxylic acid groups (broad SMARTS) is 2. The molecule has 0 aromatic carbocycles. The third-order valence-corrected chi connectivity index (χ3v) is 0.354. The normalized spacial score (nSPS) is 6.00. The van der Waals surface area contributed by atoms with Crippen LogP contribution in [-0.2, 0) is 0 Å². The summed E-state index contributed by atoms with van der Waals surface area (Å²) in [5.74, 6) is 0. The summed E-state index contributed by atoms with van der Waals surface area (Å²) in [5, 5.41) is 13.9. The Morgan fingerprint density at radius 1 is 1.56 bits per heavy atom. The minimum Gasteiger partial charge on any atom is -0.450 e. The largest absolute Gasteiger partial charge is 1.00 e. The number of carbonyl (C=O) groups is 1. The van der Waals surface area contributed by atoms with Crippen molar-refractivity contribution in [1.82, 2.24) is 0 Å². The molecule has 0 fully saturated rings. The van der Waals surface area contributed by atoms with Crippen LogP contribution in [0.2, 0.25) is 0 Å². The van der Waals surface area contributed by atoms with Gasteiger partial charge in [-0.25, -0.2) is 4.79 Å². The molecule has 2 N–H and O–H groups in total. The van der Waals surface area contributed by atoms with Crippen LogP contribution in [0.1, 0.15) is 19.8 Å². The van der Waals surface area contributed by atoms with Crippen LogP contribution in [0, 0.1) is 6.92 Å². The summed E-state index contributed by atoms with van der Waals surface area (Å²) in [5.41, 5.74) is 0. The van der Waals surface area contributed by atoms with Crippen molar-refractivity contribution in [2.24, 2.45) is 0 Å². The van der Waals surface area contributed by atoms with Gasteiger partial charge in [0.05, 0.1) is 0 Å². The zero-order chi connectivity index (χ0) is 6.99. The van der Waals surface area contributed by atoms with Gasteiger partial charge in [0.25, 0.3) is 0 Å². The van der Waals surface area contributed by atoms with Crippen molar-refractivity contribution < 1.29 is 33.9 Å². The van der Waals surface area contributed by atoms with E-state index in [0.29, 0.717) is 0 Å². The molecule has 0 spiro atoms. The van der Waals surface area contributed by atoms with Crippen LogP contribution in [0.4, 0.5) is 4.79 Å². The molecular weight excluding hydrogens is 115 g/mol. The first-order valence-electron chi connectivity index (χ1n) is 2.36. The summed E-state index contributed by atoms with van der Waals surface area (Å²) in [4.78, 5) is 8.56. The van der Waals surface area contributed by atoms with Crippen LogP contribution in [0.3, 0.4) is 0 Å². The topological polar surface area (TPSA) is 57.5 Å². The van der Waals surface area contributed by atoms with Crippen LogP contribution in [-0.4, -0.2) is 16.4 Å². The molecule has 0 saturated heterocycles. The third kappa shape index (κ3) is 360. The van der Waals surface area contributed by atoms with E-state index in [2.05, 4.69) is 13.8 Å². The van der Waals surface area contributed by atoms with Crippen molar-refractivity contribution in [2.75, 3.05) is 0 Å². The molecule has 0 amide bonds. The second kappa shape index (κ2) is 15.7. The number of unbranched alkanes of at least 4 members (excludes halogenated alkanes) is 1. The molecular formula is C5H11LiO3. The average molecular weight is 126 g/mol. The Hall–Kier alpha value is -0.133. The molecule has 3 nitrogen and oxygen atoms in total. The van der Waals surface area contributed by atoms with Crippen LogP contribution in [0.15, 0.2) is 0 Å². The van der Waals surface area contributed by atoms with Crippen LogP contribution in [0.5, 0.6) is 0 Å². The second-order valence-electron chi connectivity index (χ2n) is 1.14. The molecule has 0 aliphatic rings. The van der Waals surface area contributed by atoms with Crippen molar-refractivity contribution in [2.45, 2.75) is 19.8 Å². The molecule has 0 heterocycles. The first-order chi connectivity index (χ1) is 3.65. The summed E-state index contributed by atoms with van der Waals surface area (Å²) in [6, 6.07) is 0. The van der Waals surface area contributed by atoms with Crippen molar-refractivity contribution in [3.63, 3.8) is 0 Å². The fourth-order valence-corrected chi connectivity index (χ4v) is 0. The molecule has 4 heteroatoms. The number of rotatable bonds is 1. The maximum atomic E-state index is 8.56. The van der Waals surface area contributed by atoms with Crippen molar-refractivity contribution >= 4 is 6.16 Å². The van der Waals surface area contributed by atoms with Gasteiger partial charge >= 0.3 is 25.0 Å². The summed E-state index contributed by atoms with van der Waals surface area (Å²) < 4.78 is 0. The first-order valence-corrected chi connectivity index (χ1v) is 2.36. The van der Waals surface area contributed by atoms with E-state index in [9.17, 15) is 0 Å². The Labute approximate surface area is 67.3 Å². The number of hydrogen-bond donors (Lipinski definition) is 2. The fraction of sp³-hybridized carbons (Fsp3) is 0.600. The van der Waals surface area contributed by atoms with Gasteiger partial charge in [-0.15, -0.1) is 0 Å². The Balaban J connectivity index is -0.0000000720. The fourth-order valence-electron chi connectivity index (χ4n) is 0. The summed E-state index contributed by atoms with van der Waals surface area (Å²) >= 11 is 0. The molecule has 0 aromatic rings. The Bertz CT molecular complexity index is 50.2. The SMILES string of the molecule is O=C(O)O.[CH2-]CCC.[Li+]. The Morgan fingerprint density at radius 3 is 1.67 bits per heavy atom. The van der Waals surface area contributed by atoms with Crippen LogP contribution in [0.25, 0.3) is 0 Å². The molecule has 0 saturated carbocycles. The molecule has 0 aromatic heterocycles. The molecule has 0 unspecified atom stereocenters. The monoisotopic (exact) mass is 126 g/mol. The maximum absolute atomic E-state index is 8.56. The smallest absolute Gasteiger partial charge is 0.450 e. The summed E-state index contributed by atoms with van der Waals surface area (Å²) in [6.07, 6.45) is 0.444. The standard InChI is InChI=1S/C4H9.CH2O3.Li/c1-3-4-2;2-1(3)4;/h1,3-4H2,2H3;(H2,2,3,4);/q-1;;+1. The Morgan fingerprint density at radius 2 is 1.67 bits per heavy atom. The molecule has 0 aliphatic heterocycles. The van der Waals surface area contributed by atoms with Gasteiger partial charge < -0.3 is 17.1 Å². The molecule has 0 bridgehead atoms. The quantitative estimate of drug-likeness (QED) is 0.344. The van der Waals surface area contributed by atoms with Gasteiger partial charge in [-0.3, -0.25) is 0 Å². The van der Waals surface area contributed by atoms with E-state index < -0.39 is 6.16 Å².